The third-order valence-corrected chi connectivity index (χ3v) is 2.28. The van der Waals surface area contributed by atoms with Crippen LogP contribution in [0.2, 0.25) is 0 Å². The van der Waals surface area contributed by atoms with Gasteiger partial charge in [-0.15, -0.1) is 0 Å². The van der Waals surface area contributed by atoms with E-state index in [4.69, 9.17) is 9.47 Å². The van der Waals surface area contributed by atoms with Gasteiger partial charge in [-0.25, -0.2) is 0 Å². The Morgan fingerprint density at radius 1 is 1.14 bits per heavy atom. The van der Waals surface area contributed by atoms with Crippen molar-refractivity contribution in [2.75, 3.05) is 20.8 Å². The summed E-state index contributed by atoms with van der Waals surface area (Å²) < 4.78 is 10.2. The molecule has 0 aromatic carbocycles. The van der Waals surface area contributed by atoms with Crippen molar-refractivity contribution in [3.63, 3.8) is 0 Å². The number of amides is 1. The number of nitrogens with one attached hydrogen (secondary N) is 1. The maximum Gasteiger partial charge on any atom is 0.251 e. The molecular formula is C10H21NO3. The SMILES string of the molecule is COC(C)(C)CNC(=O)C(C)(C)OC. The summed E-state index contributed by atoms with van der Waals surface area (Å²) in [5.41, 5.74) is -1.14. The molecule has 0 saturated carbocycles. The summed E-state index contributed by atoms with van der Waals surface area (Å²) >= 11 is 0. The Balaban J connectivity index is 4.10. The predicted octanol–water partition coefficient (Wildman–Crippen LogP) is 0.953. The van der Waals surface area contributed by atoms with Gasteiger partial charge in [-0.2, -0.15) is 0 Å². The average Bonchev–Trinajstić information content (AvgIpc) is 2.14. The van der Waals surface area contributed by atoms with Crippen LogP contribution in [0.1, 0.15) is 27.7 Å². The van der Waals surface area contributed by atoms with E-state index in [1.807, 2.05) is 13.8 Å². The van der Waals surface area contributed by atoms with E-state index in [2.05, 4.69) is 5.32 Å². The largest absolute Gasteiger partial charge is 0.377 e. The molecule has 1 N–H and O–H groups in total. The standard InChI is InChI=1S/C10H21NO3/c1-9(2,13-5)7-11-8(12)10(3,4)14-6/h7H2,1-6H3,(H,11,12). The lowest BCUT2D eigenvalue weighted by Crippen LogP contribution is -2.48. The molecule has 0 heterocycles. The van der Waals surface area contributed by atoms with Gasteiger partial charge in [0.25, 0.3) is 5.91 Å². The molecule has 1 amide bonds. The van der Waals surface area contributed by atoms with Gasteiger partial charge in [0.15, 0.2) is 0 Å². The van der Waals surface area contributed by atoms with Crippen LogP contribution < -0.4 is 5.32 Å². The minimum atomic E-state index is -0.788. The molecule has 4 nitrogen and oxygen atoms in total. The molecule has 14 heavy (non-hydrogen) atoms. The fourth-order valence-electron chi connectivity index (χ4n) is 0.671. The maximum atomic E-state index is 11.6. The molecule has 0 aromatic heterocycles. The van der Waals surface area contributed by atoms with Crippen molar-refractivity contribution in [1.82, 2.24) is 5.32 Å². The molecule has 0 fully saturated rings. The first-order chi connectivity index (χ1) is 6.25. The van der Waals surface area contributed by atoms with Crippen molar-refractivity contribution in [3.05, 3.63) is 0 Å². The lowest BCUT2D eigenvalue weighted by Gasteiger charge is -2.27. The number of rotatable bonds is 5. The minimum absolute atomic E-state index is 0.134. The minimum Gasteiger partial charge on any atom is -0.377 e. The van der Waals surface area contributed by atoms with E-state index in [9.17, 15) is 4.79 Å². The summed E-state index contributed by atoms with van der Waals surface area (Å²) in [5.74, 6) is -0.134. The fourth-order valence-corrected chi connectivity index (χ4v) is 0.671. The van der Waals surface area contributed by atoms with Crippen molar-refractivity contribution < 1.29 is 14.3 Å². The molecule has 0 unspecified atom stereocenters. The topological polar surface area (TPSA) is 47.6 Å². The first kappa shape index (κ1) is 13.4. The van der Waals surface area contributed by atoms with Gasteiger partial charge in [0.05, 0.1) is 5.60 Å². The molecular weight excluding hydrogens is 182 g/mol. The van der Waals surface area contributed by atoms with Crippen LogP contribution in [0.5, 0.6) is 0 Å². The Kier molecular flexibility index (Phi) is 4.55. The van der Waals surface area contributed by atoms with Crippen molar-refractivity contribution in [3.8, 4) is 0 Å². The third-order valence-electron chi connectivity index (χ3n) is 2.28. The Labute approximate surface area is 86.0 Å². The molecule has 0 saturated heterocycles. The molecule has 0 aromatic rings. The number of methoxy groups -OCH3 is 2. The molecule has 0 atom stereocenters. The molecule has 84 valence electrons. The molecule has 0 radical (unpaired) electrons. The molecule has 0 bridgehead atoms. The summed E-state index contributed by atoms with van der Waals surface area (Å²) in [4.78, 5) is 11.6. The highest BCUT2D eigenvalue weighted by Gasteiger charge is 2.28. The van der Waals surface area contributed by atoms with Gasteiger partial charge in [-0.3, -0.25) is 4.79 Å². The van der Waals surface area contributed by atoms with Gasteiger partial charge in [-0.1, -0.05) is 0 Å². The highest BCUT2D eigenvalue weighted by atomic mass is 16.5. The Morgan fingerprint density at radius 3 is 2.00 bits per heavy atom. The molecule has 4 heteroatoms. The quantitative estimate of drug-likeness (QED) is 0.723. The summed E-state index contributed by atoms with van der Waals surface area (Å²) in [6.45, 7) is 7.74. The molecule has 0 aliphatic heterocycles. The zero-order valence-corrected chi connectivity index (χ0v) is 9.93. The van der Waals surface area contributed by atoms with Crippen molar-refractivity contribution >= 4 is 5.91 Å². The second-order valence-electron chi connectivity index (χ2n) is 4.36. The molecule has 0 aliphatic carbocycles. The van der Waals surface area contributed by atoms with E-state index in [1.54, 1.807) is 21.0 Å². The van der Waals surface area contributed by atoms with Crippen LogP contribution in [-0.4, -0.2) is 37.9 Å². The van der Waals surface area contributed by atoms with Crippen LogP contribution in [-0.2, 0) is 14.3 Å². The Bertz CT molecular complexity index is 200. The normalized spacial score (nSPS) is 12.7. The van der Waals surface area contributed by atoms with E-state index in [1.165, 1.54) is 7.11 Å². The van der Waals surface area contributed by atoms with Crippen molar-refractivity contribution in [1.29, 1.82) is 0 Å². The van der Waals surface area contributed by atoms with E-state index in [0.717, 1.165) is 0 Å². The average molecular weight is 203 g/mol. The Hall–Kier alpha value is -0.610. The monoisotopic (exact) mass is 203 g/mol. The van der Waals surface area contributed by atoms with Crippen LogP contribution >= 0.6 is 0 Å². The van der Waals surface area contributed by atoms with Gasteiger partial charge in [-0.05, 0) is 27.7 Å². The van der Waals surface area contributed by atoms with Gasteiger partial charge < -0.3 is 14.8 Å². The first-order valence-corrected chi connectivity index (χ1v) is 4.64. The highest BCUT2D eigenvalue weighted by Crippen LogP contribution is 2.09. The lowest BCUT2D eigenvalue weighted by atomic mass is 10.1. The maximum absolute atomic E-state index is 11.6. The predicted molar refractivity (Wildman–Crippen MR) is 55.2 cm³/mol. The van der Waals surface area contributed by atoms with E-state index >= 15 is 0 Å². The first-order valence-electron chi connectivity index (χ1n) is 4.64. The summed E-state index contributed by atoms with van der Waals surface area (Å²) in [7, 11) is 3.13. The summed E-state index contributed by atoms with van der Waals surface area (Å²) in [6, 6.07) is 0. The van der Waals surface area contributed by atoms with E-state index in [-0.39, 0.29) is 11.5 Å². The Morgan fingerprint density at radius 2 is 1.64 bits per heavy atom. The van der Waals surface area contributed by atoms with Crippen LogP contribution in [0, 0.1) is 0 Å². The summed E-state index contributed by atoms with van der Waals surface area (Å²) in [6.07, 6.45) is 0. The van der Waals surface area contributed by atoms with Gasteiger partial charge >= 0.3 is 0 Å². The van der Waals surface area contributed by atoms with E-state index in [0.29, 0.717) is 6.54 Å². The number of ether oxygens (including phenoxy) is 2. The highest BCUT2D eigenvalue weighted by molar-refractivity contribution is 5.84. The number of carbonyl (C=O) groups excluding carboxylic acids is 1. The van der Waals surface area contributed by atoms with Crippen LogP contribution in [0.4, 0.5) is 0 Å². The third kappa shape index (κ3) is 4.07. The number of carbonyl (C=O) groups is 1. The van der Waals surface area contributed by atoms with Crippen molar-refractivity contribution in [2.24, 2.45) is 0 Å². The van der Waals surface area contributed by atoms with Gasteiger partial charge in [0.2, 0.25) is 0 Å². The second-order valence-corrected chi connectivity index (χ2v) is 4.36. The lowest BCUT2D eigenvalue weighted by molar-refractivity contribution is -0.140. The van der Waals surface area contributed by atoms with Crippen LogP contribution in [0.15, 0.2) is 0 Å². The molecule has 0 spiro atoms. The fraction of sp³-hybridized carbons (Fsp3) is 0.900. The zero-order valence-electron chi connectivity index (χ0n) is 9.93. The zero-order chi connectivity index (χ0) is 11.4. The number of hydrogen-bond donors (Lipinski definition) is 1. The van der Waals surface area contributed by atoms with Gasteiger partial charge in [0, 0.05) is 20.8 Å². The van der Waals surface area contributed by atoms with Crippen LogP contribution in [0.25, 0.3) is 0 Å². The van der Waals surface area contributed by atoms with Crippen molar-refractivity contribution in [2.45, 2.75) is 38.9 Å². The molecule has 0 rings (SSSR count). The van der Waals surface area contributed by atoms with E-state index < -0.39 is 5.60 Å². The second kappa shape index (κ2) is 4.75. The smallest absolute Gasteiger partial charge is 0.251 e. The summed E-state index contributed by atoms with van der Waals surface area (Å²) in [5, 5.41) is 2.78. The number of hydrogen-bond acceptors (Lipinski definition) is 3. The van der Waals surface area contributed by atoms with Crippen LogP contribution in [0.3, 0.4) is 0 Å². The molecule has 0 aliphatic rings. The van der Waals surface area contributed by atoms with Gasteiger partial charge in [0.1, 0.15) is 5.60 Å².